The summed E-state index contributed by atoms with van der Waals surface area (Å²) in [7, 11) is 3.92. The number of ether oxygens (including phenoxy) is 1. The highest BCUT2D eigenvalue weighted by atomic mass is 16.5. The summed E-state index contributed by atoms with van der Waals surface area (Å²) in [4.78, 5) is 25.6. The predicted octanol–water partition coefficient (Wildman–Crippen LogP) is 2.22. The van der Waals surface area contributed by atoms with Crippen LogP contribution in [0, 0.1) is 5.92 Å². The number of carbonyl (C=O) groups is 2. The van der Waals surface area contributed by atoms with E-state index in [1.165, 1.54) is 6.92 Å². The molecule has 0 aliphatic carbocycles. The van der Waals surface area contributed by atoms with Crippen LogP contribution in [0.15, 0.2) is 0 Å². The Labute approximate surface area is 160 Å². The zero-order valence-electron chi connectivity index (χ0n) is 18.4. The average molecular weight is 372 g/mol. The average Bonchev–Trinajstić information content (AvgIpc) is 2.50. The first-order valence-electron chi connectivity index (χ1n) is 9.61. The third kappa shape index (κ3) is 10.2. The molecule has 0 saturated heterocycles. The Hall–Kier alpha value is -0.980. The van der Waals surface area contributed by atoms with E-state index >= 15 is 0 Å². The maximum Gasteiger partial charge on any atom is 0.237 e. The van der Waals surface area contributed by atoms with Crippen LogP contribution in [0.4, 0.5) is 0 Å². The third-order valence-electron chi connectivity index (χ3n) is 4.85. The van der Waals surface area contributed by atoms with Crippen LogP contribution in [0.1, 0.15) is 61.3 Å². The lowest BCUT2D eigenvalue weighted by atomic mass is 9.99. The van der Waals surface area contributed by atoms with Crippen molar-refractivity contribution in [3.8, 4) is 0 Å². The van der Waals surface area contributed by atoms with Crippen LogP contribution in [0.25, 0.3) is 0 Å². The molecule has 26 heavy (non-hydrogen) atoms. The minimum absolute atomic E-state index is 0.0393. The van der Waals surface area contributed by atoms with Crippen LogP contribution in [0.3, 0.4) is 0 Å². The van der Waals surface area contributed by atoms with Crippen molar-refractivity contribution >= 4 is 11.7 Å². The van der Waals surface area contributed by atoms with Gasteiger partial charge in [0.2, 0.25) is 5.91 Å². The second kappa shape index (κ2) is 11.0. The minimum atomic E-state index is -0.256. The molecule has 0 aromatic heterocycles. The molecule has 0 spiro atoms. The molecule has 6 nitrogen and oxygen atoms in total. The lowest BCUT2D eigenvalue weighted by Gasteiger charge is -2.34. The first-order valence-corrected chi connectivity index (χ1v) is 9.61. The molecule has 0 radical (unpaired) electrons. The molecule has 1 atom stereocenters. The highest BCUT2D eigenvalue weighted by molar-refractivity contribution is 5.87. The van der Waals surface area contributed by atoms with E-state index in [1.54, 1.807) is 0 Å². The second-order valence-corrected chi connectivity index (χ2v) is 8.83. The molecule has 0 fully saturated rings. The van der Waals surface area contributed by atoms with Gasteiger partial charge in [-0.25, -0.2) is 0 Å². The lowest BCUT2D eigenvalue weighted by molar-refractivity contribution is -0.130. The van der Waals surface area contributed by atoms with Gasteiger partial charge in [0.05, 0.1) is 18.2 Å². The maximum atomic E-state index is 12.4. The van der Waals surface area contributed by atoms with Crippen molar-refractivity contribution in [3.63, 3.8) is 0 Å². The Kier molecular flexibility index (Phi) is 10.6. The van der Waals surface area contributed by atoms with Crippen molar-refractivity contribution < 1.29 is 14.3 Å². The number of nitrogens with zero attached hydrogens (tertiary/aromatic N) is 1. The van der Waals surface area contributed by atoms with E-state index < -0.39 is 0 Å². The van der Waals surface area contributed by atoms with E-state index in [0.29, 0.717) is 6.61 Å². The molecule has 0 rings (SSSR count). The topological polar surface area (TPSA) is 70.7 Å². The first kappa shape index (κ1) is 25.0. The smallest absolute Gasteiger partial charge is 0.237 e. The van der Waals surface area contributed by atoms with Gasteiger partial charge in [-0.15, -0.1) is 0 Å². The van der Waals surface area contributed by atoms with E-state index in [1.807, 2.05) is 27.9 Å². The summed E-state index contributed by atoms with van der Waals surface area (Å²) >= 11 is 0. The monoisotopic (exact) mass is 371 g/mol. The van der Waals surface area contributed by atoms with Gasteiger partial charge in [0, 0.05) is 18.7 Å². The van der Waals surface area contributed by atoms with Crippen molar-refractivity contribution in [2.75, 3.05) is 33.8 Å². The number of amides is 1. The van der Waals surface area contributed by atoms with E-state index in [9.17, 15) is 9.59 Å². The highest BCUT2D eigenvalue weighted by Gasteiger charge is 2.28. The second-order valence-electron chi connectivity index (χ2n) is 8.83. The Morgan fingerprint density at radius 1 is 1.12 bits per heavy atom. The van der Waals surface area contributed by atoms with Gasteiger partial charge in [0.25, 0.3) is 0 Å². The lowest BCUT2D eigenvalue weighted by Crippen LogP contribution is -2.50. The Balaban J connectivity index is 4.57. The van der Waals surface area contributed by atoms with Crippen LogP contribution in [0.5, 0.6) is 0 Å². The largest absolute Gasteiger partial charge is 0.375 e. The Morgan fingerprint density at radius 2 is 1.69 bits per heavy atom. The zero-order chi connectivity index (χ0) is 20.5. The van der Waals surface area contributed by atoms with Gasteiger partial charge >= 0.3 is 0 Å². The Morgan fingerprint density at radius 3 is 2.15 bits per heavy atom. The molecule has 0 bridgehead atoms. The number of hydrogen-bond donors (Lipinski definition) is 2. The molecule has 2 N–H and O–H groups in total. The van der Waals surface area contributed by atoms with E-state index in [2.05, 4.69) is 43.2 Å². The molecule has 0 heterocycles. The fourth-order valence-electron chi connectivity index (χ4n) is 2.69. The molecule has 0 saturated carbocycles. The van der Waals surface area contributed by atoms with E-state index in [-0.39, 0.29) is 41.3 Å². The number of carbonyl (C=O) groups excluding carboxylic acids is 2. The summed E-state index contributed by atoms with van der Waals surface area (Å²) in [5.74, 6) is 0.0298. The van der Waals surface area contributed by atoms with Gasteiger partial charge in [0.15, 0.2) is 0 Å². The summed E-state index contributed by atoms with van der Waals surface area (Å²) in [5, 5.41) is 6.01. The molecule has 6 heteroatoms. The standard InChI is InChI=1S/C20H41N3O3/c1-15(2)17(18(25)22-14-16(3)24)23(9)12-10-20(6,7)26-13-11-19(4,5)21-8/h15,17,21H,10-14H2,1-9H3,(H,22,25). The molecule has 0 aliphatic rings. The number of hydrogen-bond acceptors (Lipinski definition) is 5. The first-order chi connectivity index (χ1) is 11.8. The fraction of sp³-hybridized carbons (Fsp3) is 0.900. The fourth-order valence-corrected chi connectivity index (χ4v) is 2.69. The predicted molar refractivity (Wildman–Crippen MR) is 107 cm³/mol. The summed E-state index contributed by atoms with van der Waals surface area (Å²) in [6.07, 6.45) is 1.76. The molecule has 0 aromatic carbocycles. The third-order valence-corrected chi connectivity index (χ3v) is 4.85. The van der Waals surface area contributed by atoms with Crippen LogP contribution in [0.2, 0.25) is 0 Å². The van der Waals surface area contributed by atoms with Gasteiger partial charge in [0.1, 0.15) is 5.78 Å². The molecule has 1 amide bonds. The Bertz CT molecular complexity index is 448. The van der Waals surface area contributed by atoms with Crippen molar-refractivity contribution in [2.45, 2.75) is 78.5 Å². The van der Waals surface area contributed by atoms with Crippen molar-refractivity contribution in [1.29, 1.82) is 0 Å². The molecule has 0 aromatic rings. The van der Waals surface area contributed by atoms with Crippen molar-refractivity contribution in [1.82, 2.24) is 15.5 Å². The van der Waals surface area contributed by atoms with Crippen LogP contribution >= 0.6 is 0 Å². The SMILES string of the molecule is CNC(C)(C)CCOC(C)(C)CCN(C)C(C(=O)NCC(C)=O)C(C)C. The molecular formula is C20H41N3O3. The van der Waals surface area contributed by atoms with Crippen LogP contribution < -0.4 is 10.6 Å². The van der Waals surface area contributed by atoms with E-state index in [0.717, 1.165) is 19.4 Å². The maximum absolute atomic E-state index is 12.4. The van der Waals surface area contributed by atoms with Crippen LogP contribution in [-0.2, 0) is 14.3 Å². The highest BCUT2D eigenvalue weighted by Crippen LogP contribution is 2.19. The van der Waals surface area contributed by atoms with Crippen molar-refractivity contribution in [3.05, 3.63) is 0 Å². The quantitative estimate of drug-likeness (QED) is 0.519. The zero-order valence-corrected chi connectivity index (χ0v) is 18.4. The van der Waals surface area contributed by atoms with Gasteiger partial charge in [-0.3, -0.25) is 14.5 Å². The summed E-state index contributed by atoms with van der Waals surface area (Å²) in [6.45, 7) is 15.5. The van der Waals surface area contributed by atoms with Gasteiger partial charge in [-0.05, 0) is 67.5 Å². The summed E-state index contributed by atoms with van der Waals surface area (Å²) in [6, 6.07) is -0.256. The minimum Gasteiger partial charge on any atom is -0.375 e. The van der Waals surface area contributed by atoms with Gasteiger partial charge in [-0.2, -0.15) is 0 Å². The summed E-state index contributed by atoms with van der Waals surface area (Å²) < 4.78 is 6.09. The number of rotatable bonds is 13. The van der Waals surface area contributed by atoms with E-state index in [4.69, 9.17) is 4.74 Å². The molecule has 0 aliphatic heterocycles. The van der Waals surface area contributed by atoms with Gasteiger partial charge < -0.3 is 15.4 Å². The molecule has 1 unspecified atom stereocenters. The number of nitrogens with one attached hydrogen (secondary N) is 2. The normalized spacial score (nSPS) is 14.0. The number of ketones is 1. The van der Waals surface area contributed by atoms with Crippen LogP contribution in [-0.4, -0.2) is 67.6 Å². The van der Waals surface area contributed by atoms with Crippen molar-refractivity contribution in [2.24, 2.45) is 5.92 Å². The molecule has 154 valence electrons. The number of Topliss-reactive ketones (excluding diaryl/α,β-unsaturated/α-hetero) is 1. The number of likely N-dealkylation sites (N-methyl/N-ethyl adjacent to an activating group) is 1. The molecular weight excluding hydrogens is 330 g/mol. The summed E-state index contributed by atoms with van der Waals surface area (Å²) in [5.41, 5.74) is -0.195. The van der Waals surface area contributed by atoms with Gasteiger partial charge in [-0.1, -0.05) is 13.8 Å².